The zero-order valence-corrected chi connectivity index (χ0v) is 25.0. The summed E-state index contributed by atoms with van der Waals surface area (Å²) in [5, 5.41) is 31.5. The molecule has 0 aliphatic carbocycles. The molecule has 1 aliphatic heterocycles. The Morgan fingerprint density at radius 1 is 0.955 bits per heavy atom. The minimum atomic E-state index is -1.37. The molecule has 0 aromatic heterocycles. The van der Waals surface area contributed by atoms with Gasteiger partial charge in [-0.15, -0.1) is 0 Å². The van der Waals surface area contributed by atoms with Gasteiger partial charge in [0.05, 0.1) is 24.7 Å². The van der Waals surface area contributed by atoms with Gasteiger partial charge in [-0.1, -0.05) is 30.3 Å². The molecule has 0 radical (unpaired) electrons. The molecule has 44 heavy (non-hydrogen) atoms. The third kappa shape index (κ3) is 8.65. The quantitative estimate of drug-likeness (QED) is 0.243. The maximum absolute atomic E-state index is 14.1. The van der Waals surface area contributed by atoms with Crippen molar-refractivity contribution in [2.24, 2.45) is 17.8 Å². The zero-order valence-electron chi connectivity index (χ0n) is 25.0. The number of halogens is 2. The van der Waals surface area contributed by atoms with Crippen molar-refractivity contribution in [1.29, 1.82) is 0 Å². The van der Waals surface area contributed by atoms with E-state index >= 15 is 0 Å². The summed E-state index contributed by atoms with van der Waals surface area (Å²) in [5.74, 6) is -4.64. The summed E-state index contributed by atoms with van der Waals surface area (Å²) in [7, 11) is 0. The van der Waals surface area contributed by atoms with Crippen LogP contribution in [0.1, 0.15) is 63.6 Å². The van der Waals surface area contributed by atoms with E-state index < -0.39 is 42.3 Å². The van der Waals surface area contributed by atoms with E-state index in [0.717, 1.165) is 23.8 Å². The molecule has 0 bridgehead atoms. The van der Waals surface area contributed by atoms with E-state index in [1.54, 1.807) is 24.0 Å². The number of aliphatic hydroxyl groups excluding tert-OH is 3. The van der Waals surface area contributed by atoms with E-state index in [4.69, 9.17) is 0 Å². The maximum atomic E-state index is 14.1. The van der Waals surface area contributed by atoms with Crippen molar-refractivity contribution >= 4 is 17.5 Å². The Bertz CT molecular complexity index is 1460. The van der Waals surface area contributed by atoms with Gasteiger partial charge in [-0.2, -0.15) is 0 Å². The average molecular weight is 608 g/mol. The van der Waals surface area contributed by atoms with Crippen LogP contribution >= 0.6 is 0 Å². The van der Waals surface area contributed by atoms with Crippen LogP contribution in [0, 0.1) is 36.3 Å². The number of hydrogen-bond acceptors (Lipinski definition) is 6. The van der Waals surface area contributed by atoms with Crippen LogP contribution in [0.4, 0.5) is 8.78 Å². The average Bonchev–Trinajstić information content (AvgIpc) is 2.97. The lowest BCUT2D eigenvalue weighted by molar-refractivity contribution is -0.148. The van der Waals surface area contributed by atoms with Crippen molar-refractivity contribution < 1.29 is 38.5 Å². The molecular formula is C35H39F2NO6. The van der Waals surface area contributed by atoms with Gasteiger partial charge in [-0.25, -0.2) is 8.78 Å². The second-order valence-electron chi connectivity index (χ2n) is 12.0. The van der Waals surface area contributed by atoms with E-state index in [1.807, 2.05) is 30.3 Å². The summed E-state index contributed by atoms with van der Waals surface area (Å²) < 4.78 is 28.3. The number of ketones is 2. The lowest BCUT2D eigenvalue weighted by atomic mass is 9.75. The molecule has 7 nitrogen and oxygen atoms in total. The van der Waals surface area contributed by atoms with Gasteiger partial charge in [0, 0.05) is 36.7 Å². The fraction of sp³-hybridized carbons (Fsp3) is 0.400. The standard InChI is InChI=1S/C35H39F2NO6/c1-21-8-26(22(2)40)15-27(9-21)33(42)16-28(10-24-11-29(36)17-30(37)12-24)34(43)32-14-25(13-31(41)20-39)19-38(35(32)44)18-23-6-4-3-5-7-23/h3-9,11-12,15,17,25,28,31-32,34,39,41,43H,10,13-14,16,18-20H2,1-2H3/t25-,28?,31?,32?,34+/m1/s1. The second-order valence-corrected chi connectivity index (χ2v) is 12.0. The molecule has 3 unspecified atom stereocenters. The van der Waals surface area contributed by atoms with Gasteiger partial charge < -0.3 is 20.2 Å². The van der Waals surface area contributed by atoms with Gasteiger partial charge in [0.25, 0.3) is 0 Å². The van der Waals surface area contributed by atoms with Crippen molar-refractivity contribution in [1.82, 2.24) is 4.90 Å². The van der Waals surface area contributed by atoms with Crippen molar-refractivity contribution in [3.05, 3.63) is 106 Å². The highest BCUT2D eigenvalue weighted by Gasteiger charge is 2.42. The largest absolute Gasteiger partial charge is 0.394 e. The predicted molar refractivity (Wildman–Crippen MR) is 161 cm³/mol. The van der Waals surface area contributed by atoms with Crippen molar-refractivity contribution in [3.8, 4) is 0 Å². The van der Waals surface area contributed by atoms with Gasteiger partial charge in [0.2, 0.25) is 5.91 Å². The molecule has 0 spiro atoms. The molecule has 1 heterocycles. The molecule has 4 rings (SSSR count). The Balaban J connectivity index is 1.67. The number of aliphatic hydroxyl groups is 3. The lowest BCUT2D eigenvalue weighted by Gasteiger charge is -2.41. The van der Waals surface area contributed by atoms with Crippen LogP contribution in [0.2, 0.25) is 0 Å². The number of amides is 1. The fourth-order valence-electron chi connectivity index (χ4n) is 6.21. The van der Waals surface area contributed by atoms with Crippen LogP contribution in [-0.4, -0.2) is 63.1 Å². The Hall–Kier alpha value is -3.79. The smallest absolute Gasteiger partial charge is 0.228 e. The Labute approximate surface area is 256 Å². The molecule has 3 N–H and O–H groups in total. The van der Waals surface area contributed by atoms with Crippen LogP contribution in [0.25, 0.3) is 0 Å². The Morgan fingerprint density at radius 3 is 2.25 bits per heavy atom. The Kier molecular flexibility index (Phi) is 11.1. The van der Waals surface area contributed by atoms with Crippen LogP contribution in [0.3, 0.4) is 0 Å². The zero-order chi connectivity index (χ0) is 32.0. The molecule has 234 valence electrons. The Morgan fingerprint density at radius 2 is 1.61 bits per heavy atom. The number of rotatable bonds is 13. The maximum Gasteiger partial charge on any atom is 0.228 e. The number of carbonyl (C=O) groups is 3. The van der Waals surface area contributed by atoms with E-state index in [1.165, 1.54) is 13.0 Å². The highest BCUT2D eigenvalue weighted by Crippen LogP contribution is 2.35. The first kappa shape index (κ1) is 33.1. The summed E-state index contributed by atoms with van der Waals surface area (Å²) in [6.07, 6.45) is -2.31. The van der Waals surface area contributed by atoms with Crippen LogP contribution in [0.5, 0.6) is 0 Å². The summed E-state index contributed by atoms with van der Waals surface area (Å²) in [4.78, 5) is 41.1. The number of nitrogens with zero attached hydrogens (tertiary/aromatic N) is 1. The second kappa shape index (κ2) is 14.8. The summed E-state index contributed by atoms with van der Waals surface area (Å²) in [6.45, 7) is 3.29. The molecule has 9 heteroatoms. The predicted octanol–water partition coefficient (Wildman–Crippen LogP) is 4.68. The van der Waals surface area contributed by atoms with E-state index in [2.05, 4.69) is 0 Å². The van der Waals surface area contributed by atoms with Crippen LogP contribution in [-0.2, 0) is 17.8 Å². The highest BCUT2D eigenvalue weighted by molar-refractivity contribution is 6.01. The summed E-state index contributed by atoms with van der Waals surface area (Å²) >= 11 is 0. The van der Waals surface area contributed by atoms with Gasteiger partial charge in [0.1, 0.15) is 11.6 Å². The molecule has 1 amide bonds. The fourth-order valence-corrected chi connectivity index (χ4v) is 6.21. The van der Waals surface area contributed by atoms with E-state index in [9.17, 15) is 38.5 Å². The number of aryl methyl sites for hydroxylation is 1. The first-order valence-corrected chi connectivity index (χ1v) is 14.8. The number of piperidine rings is 1. The monoisotopic (exact) mass is 607 g/mol. The first-order chi connectivity index (χ1) is 20.9. The molecule has 1 fully saturated rings. The normalized spacial score (nSPS) is 19.0. The molecule has 3 aromatic carbocycles. The van der Waals surface area contributed by atoms with E-state index in [-0.39, 0.29) is 66.7 Å². The molecule has 5 atom stereocenters. The third-order valence-electron chi connectivity index (χ3n) is 8.30. The number of likely N-dealkylation sites (tertiary alicyclic amines) is 1. The van der Waals surface area contributed by atoms with Gasteiger partial charge in [0.15, 0.2) is 11.6 Å². The number of benzene rings is 3. The van der Waals surface area contributed by atoms with Gasteiger partial charge >= 0.3 is 0 Å². The lowest BCUT2D eigenvalue weighted by Crippen LogP contribution is -2.51. The number of hydrogen-bond donors (Lipinski definition) is 3. The minimum absolute atomic E-state index is 0.0840. The van der Waals surface area contributed by atoms with Crippen LogP contribution in [0.15, 0.2) is 66.7 Å². The van der Waals surface area contributed by atoms with Crippen molar-refractivity contribution in [2.45, 2.75) is 58.3 Å². The molecule has 0 saturated carbocycles. The van der Waals surface area contributed by atoms with Crippen LogP contribution < -0.4 is 0 Å². The molecule has 3 aromatic rings. The molecule has 1 saturated heterocycles. The topological polar surface area (TPSA) is 115 Å². The summed E-state index contributed by atoms with van der Waals surface area (Å²) in [6, 6.07) is 17.1. The minimum Gasteiger partial charge on any atom is -0.394 e. The first-order valence-electron chi connectivity index (χ1n) is 14.8. The van der Waals surface area contributed by atoms with Gasteiger partial charge in [-0.3, -0.25) is 14.4 Å². The van der Waals surface area contributed by atoms with E-state index in [0.29, 0.717) is 17.7 Å². The number of carbonyl (C=O) groups excluding carboxylic acids is 3. The highest BCUT2D eigenvalue weighted by atomic mass is 19.1. The van der Waals surface area contributed by atoms with Crippen molar-refractivity contribution in [2.75, 3.05) is 13.2 Å². The summed E-state index contributed by atoms with van der Waals surface area (Å²) in [5.41, 5.74) is 2.43. The molecular weight excluding hydrogens is 568 g/mol. The third-order valence-corrected chi connectivity index (χ3v) is 8.30. The molecule has 1 aliphatic rings. The van der Waals surface area contributed by atoms with Crippen molar-refractivity contribution in [3.63, 3.8) is 0 Å². The number of Topliss-reactive ketones (excluding diaryl/α,β-unsaturated/α-hetero) is 2. The SMILES string of the molecule is CC(=O)c1cc(C)cc(C(=O)CC(Cc2cc(F)cc(F)c2)[C@H](O)C2C[C@@H](CC(O)CO)CN(Cc3ccccc3)C2=O)c1. The van der Waals surface area contributed by atoms with Gasteiger partial charge in [-0.05, 0) is 92.0 Å².